The smallest absolute Gasteiger partial charge is 0.361 e. The molecule has 2 aromatic carbocycles. The highest BCUT2D eigenvalue weighted by atomic mass is 19.4. The van der Waals surface area contributed by atoms with Gasteiger partial charge in [0.05, 0.1) is 22.8 Å². The topological polar surface area (TPSA) is 39.6 Å². The molecule has 0 atom stereocenters. The van der Waals surface area contributed by atoms with Crippen LogP contribution in [0.5, 0.6) is 0 Å². The van der Waals surface area contributed by atoms with Crippen LogP contribution >= 0.6 is 0 Å². The van der Waals surface area contributed by atoms with Gasteiger partial charge in [-0.1, -0.05) is 18.2 Å². The monoisotopic (exact) mass is 380 g/mol. The van der Waals surface area contributed by atoms with Crippen LogP contribution in [0.4, 0.5) is 26.3 Å². The van der Waals surface area contributed by atoms with Crippen molar-refractivity contribution in [2.24, 2.45) is 0 Å². The molecule has 0 unspecified atom stereocenters. The summed E-state index contributed by atoms with van der Waals surface area (Å²) in [5.41, 5.74) is -2.20. The van der Waals surface area contributed by atoms with Gasteiger partial charge in [-0.15, -0.1) is 0 Å². The summed E-state index contributed by atoms with van der Waals surface area (Å²) in [5, 5.41) is 10.0. The van der Waals surface area contributed by atoms with Gasteiger partial charge in [0.25, 0.3) is 0 Å². The lowest BCUT2D eigenvalue weighted by molar-refractivity contribution is -0.143. The van der Waals surface area contributed by atoms with E-state index >= 15 is 0 Å². The SMILES string of the molecule is N#C/C(=C\c1cc(C(F)(F)F)cc(C(F)(F)F)c1)c1c[nH]c2ccccc12. The van der Waals surface area contributed by atoms with Crippen LogP contribution in [0.25, 0.3) is 22.6 Å². The highest BCUT2D eigenvalue weighted by Gasteiger charge is 2.36. The minimum atomic E-state index is -4.95. The van der Waals surface area contributed by atoms with Gasteiger partial charge < -0.3 is 4.98 Å². The number of nitrogens with zero attached hydrogens (tertiary/aromatic N) is 1. The maximum Gasteiger partial charge on any atom is 0.416 e. The first-order valence-electron chi connectivity index (χ1n) is 7.57. The van der Waals surface area contributed by atoms with Crippen LogP contribution in [-0.4, -0.2) is 4.98 Å². The van der Waals surface area contributed by atoms with E-state index in [1.165, 1.54) is 6.20 Å². The fraction of sp³-hybridized carbons (Fsp3) is 0.105. The normalized spacial score (nSPS) is 13.0. The minimum absolute atomic E-state index is 0.0507. The van der Waals surface area contributed by atoms with Crippen LogP contribution in [0.2, 0.25) is 0 Å². The number of hydrogen-bond acceptors (Lipinski definition) is 1. The highest BCUT2D eigenvalue weighted by Crippen LogP contribution is 2.37. The molecule has 0 amide bonds. The first-order valence-corrected chi connectivity index (χ1v) is 7.57. The summed E-state index contributed by atoms with van der Waals surface area (Å²) < 4.78 is 77.9. The molecule has 1 aromatic heterocycles. The summed E-state index contributed by atoms with van der Waals surface area (Å²) in [5.74, 6) is 0. The molecule has 0 aliphatic carbocycles. The molecule has 0 saturated carbocycles. The zero-order chi connectivity index (χ0) is 19.8. The number of benzene rings is 2. The van der Waals surface area contributed by atoms with Gasteiger partial charge in [-0.05, 0) is 35.9 Å². The third-order valence-corrected chi connectivity index (χ3v) is 3.92. The van der Waals surface area contributed by atoms with E-state index in [9.17, 15) is 31.6 Å². The number of nitrogens with one attached hydrogen (secondary N) is 1. The van der Waals surface area contributed by atoms with Crippen LogP contribution < -0.4 is 0 Å². The van der Waals surface area contributed by atoms with E-state index in [1.54, 1.807) is 24.3 Å². The Hall–Kier alpha value is -3.21. The molecule has 0 aliphatic heterocycles. The summed E-state index contributed by atoms with van der Waals surface area (Å²) in [6, 6.07) is 9.95. The van der Waals surface area contributed by atoms with Gasteiger partial charge in [0.1, 0.15) is 0 Å². The molecule has 0 bridgehead atoms. The number of halogens is 6. The molecule has 0 fully saturated rings. The summed E-state index contributed by atoms with van der Waals surface area (Å²) >= 11 is 0. The average Bonchev–Trinajstić information content (AvgIpc) is 3.02. The second kappa shape index (κ2) is 6.50. The molecule has 1 heterocycles. The van der Waals surface area contributed by atoms with Crippen molar-refractivity contribution in [1.82, 2.24) is 4.98 Å². The van der Waals surface area contributed by atoms with Crippen molar-refractivity contribution in [3.8, 4) is 6.07 Å². The Bertz CT molecular complexity index is 1030. The van der Waals surface area contributed by atoms with E-state index in [4.69, 9.17) is 0 Å². The zero-order valence-corrected chi connectivity index (χ0v) is 13.4. The van der Waals surface area contributed by atoms with Crippen molar-refractivity contribution >= 4 is 22.6 Å². The molecule has 3 rings (SSSR count). The number of nitriles is 1. The Morgan fingerprint density at radius 2 is 1.52 bits per heavy atom. The van der Waals surface area contributed by atoms with Crippen molar-refractivity contribution < 1.29 is 26.3 Å². The van der Waals surface area contributed by atoms with Gasteiger partial charge in [-0.3, -0.25) is 0 Å². The van der Waals surface area contributed by atoms with Gasteiger partial charge in [0.2, 0.25) is 0 Å². The predicted octanol–water partition coefficient (Wildman–Crippen LogP) is 6.27. The summed E-state index contributed by atoms with van der Waals surface area (Å²) in [4.78, 5) is 2.91. The maximum absolute atomic E-state index is 13.0. The van der Waals surface area contributed by atoms with Crippen molar-refractivity contribution in [3.05, 3.63) is 70.9 Å². The van der Waals surface area contributed by atoms with Crippen LogP contribution in [0, 0.1) is 11.3 Å². The van der Waals surface area contributed by atoms with E-state index in [-0.39, 0.29) is 17.2 Å². The second-order valence-corrected chi connectivity index (χ2v) is 5.76. The quantitative estimate of drug-likeness (QED) is 0.413. The Labute approximate surface area is 149 Å². The Morgan fingerprint density at radius 1 is 0.926 bits per heavy atom. The molecule has 138 valence electrons. The number of fused-ring (bicyclic) bond motifs is 1. The molecule has 2 nitrogen and oxygen atoms in total. The van der Waals surface area contributed by atoms with Gasteiger partial charge in [0, 0.05) is 22.7 Å². The third kappa shape index (κ3) is 3.82. The van der Waals surface area contributed by atoms with Gasteiger partial charge in [-0.2, -0.15) is 31.6 Å². The summed E-state index contributed by atoms with van der Waals surface area (Å²) in [6.07, 6.45) is -7.40. The van der Waals surface area contributed by atoms with E-state index in [2.05, 4.69) is 4.98 Å². The van der Waals surface area contributed by atoms with Crippen LogP contribution in [0.3, 0.4) is 0 Å². The number of H-pyrrole nitrogens is 1. The Balaban J connectivity index is 2.18. The van der Waals surface area contributed by atoms with E-state index in [0.717, 1.165) is 6.08 Å². The van der Waals surface area contributed by atoms with Crippen molar-refractivity contribution in [2.75, 3.05) is 0 Å². The van der Waals surface area contributed by atoms with Crippen LogP contribution in [0.15, 0.2) is 48.7 Å². The molecule has 3 aromatic rings. The molecule has 0 spiro atoms. The minimum Gasteiger partial charge on any atom is -0.361 e. The highest BCUT2D eigenvalue weighted by molar-refractivity contribution is 6.01. The third-order valence-electron chi connectivity index (χ3n) is 3.92. The molecular weight excluding hydrogens is 370 g/mol. The summed E-state index contributed by atoms with van der Waals surface area (Å²) in [6.45, 7) is 0. The lowest BCUT2D eigenvalue weighted by atomic mass is 10.00. The predicted molar refractivity (Wildman–Crippen MR) is 88.2 cm³/mol. The number of aromatic amines is 1. The van der Waals surface area contributed by atoms with E-state index < -0.39 is 23.5 Å². The molecule has 8 heteroatoms. The summed E-state index contributed by atoms with van der Waals surface area (Å²) in [7, 11) is 0. The van der Waals surface area contributed by atoms with Crippen LogP contribution in [0.1, 0.15) is 22.3 Å². The fourth-order valence-corrected chi connectivity index (χ4v) is 2.69. The standard InChI is InChI=1S/C19H10F6N2/c20-18(21,22)13-6-11(7-14(8-13)19(23,24)25)5-12(9-26)16-10-27-17-4-2-1-3-15(16)17/h1-8,10,27H/b12-5+. The lowest BCUT2D eigenvalue weighted by Gasteiger charge is -2.13. The first-order chi connectivity index (χ1) is 12.6. The molecule has 1 N–H and O–H groups in total. The molecule has 0 aliphatic rings. The number of para-hydroxylation sites is 1. The zero-order valence-electron chi connectivity index (χ0n) is 13.4. The van der Waals surface area contributed by atoms with Crippen molar-refractivity contribution in [3.63, 3.8) is 0 Å². The van der Waals surface area contributed by atoms with Gasteiger partial charge in [0.15, 0.2) is 0 Å². The Kier molecular flexibility index (Phi) is 4.47. The number of allylic oxidation sites excluding steroid dienone is 1. The largest absolute Gasteiger partial charge is 0.416 e. The van der Waals surface area contributed by atoms with E-state index in [1.807, 2.05) is 6.07 Å². The number of alkyl halides is 6. The number of rotatable bonds is 2. The fourth-order valence-electron chi connectivity index (χ4n) is 2.69. The molecule has 0 radical (unpaired) electrons. The number of hydrogen-bond donors (Lipinski definition) is 1. The molecular formula is C19H10F6N2. The lowest BCUT2D eigenvalue weighted by Crippen LogP contribution is -2.11. The van der Waals surface area contributed by atoms with Crippen molar-refractivity contribution in [2.45, 2.75) is 12.4 Å². The maximum atomic E-state index is 13.0. The number of aromatic nitrogens is 1. The molecule has 27 heavy (non-hydrogen) atoms. The molecule has 0 saturated heterocycles. The first kappa shape index (κ1) is 18.6. The Morgan fingerprint density at radius 3 is 2.07 bits per heavy atom. The van der Waals surface area contributed by atoms with Crippen LogP contribution in [-0.2, 0) is 12.4 Å². The average molecular weight is 380 g/mol. The van der Waals surface area contributed by atoms with Gasteiger partial charge >= 0.3 is 12.4 Å². The second-order valence-electron chi connectivity index (χ2n) is 5.76. The van der Waals surface area contributed by atoms with Gasteiger partial charge in [-0.25, -0.2) is 0 Å². The van der Waals surface area contributed by atoms with E-state index in [0.29, 0.717) is 28.6 Å². The van der Waals surface area contributed by atoms with Crippen molar-refractivity contribution in [1.29, 1.82) is 5.26 Å².